The number of carbonyl (C=O) groups is 3. The Balaban J connectivity index is 1.67. The quantitative estimate of drug-likeness (QED) is 0.867. The zero-order chi connectivity index (χ0) is 18.7. The van der Waals surface area contributed by atoms with Gasteiger partial charge in [0.1, 0.15) is 0 Å². The molecular weight excluding hydrogens is 354 g/mol. The molecule has 0 radical (unpaired) electrons. The fourth-order valence-electron chi connectivity index (χ4n) is 2.88. The maximum absolute atomic E-state index is 12.5. The minimum atomic E-state index is -0.461. The van der Waals surface area contributed by atoms with Crippen LogP contribution in [-0.4, -0.2) is 31.3 Å². The molecule has 134 valence electrons. The summed E-state index contributed by atoms with van der Waals surface area (Å²) in [6, 6.07) is 13.6. The molecule has 1 saturated heterocycles. The third-order valence-corrected chi connectivity index (χ3v) is 4.60. The van der Waals surface area contributed by atoms with Crippen molar-refractivity contribution in [2.45, 2.75) is 6.42 Å². The lowest BCUT2D eigenvalue weighted by atomic mass is 10.1. The number of hydrogen-bond acceptors (Lipinski definition) is 3. The second-order valence-electron chi connectivity index (χ2n) is 6.00. The standard InChI is InChI=1S/C19H18ClN3O3/c1-21-18(25)12-6-8-14(9-7-12)22-19(26)13-10-17(24)23(11-13)16-5-3-2-4-15(16)20/h2-9,13H,10-11H2,1H3,(H,21,25)(H,22,26). The maximum atomic E-state index is 12.5. The fourth-order valence-corrected chi connectivity index (χ4v) is 3.12. The second kappa shape index (κ2) is 7.58. The number of nitrogens with zero attached hydrogens (tertiary/aromatic N) is 1. The van der Waals surface area contributed by atoms with Gasteiger partial charge in [-0.05, 0) is 36.4 Å². The molecule has 1 heterocycles. The summed E-state index contributed by atoms with van der Waals surface area (Å²) in [5.74, 6) is -1.02. The van der Waals surface area contributed by atoms with E-state index in [2.05, 4.69) is 10.6 Å². The Morgan fingerprint density at radius 1 is 1.12 bits per heavy atom. The summed E-state index contributed by atoms with van der Waals surface area (Å²) in [6.07, 6.45) is 0.132. The van der Waals surface area contributed by atoms with Crippen molar-refractivity contribution in [2.24, 2.45) is 5.92 Å². The number of halogens is 1. The van der Waals surface area contributed by atoms with Crippen molar-refractivity contribution < 1.29 is 14.4 Å². The molecule has 1 aliphatic rings. The lowest BCUT2D eigenvalue weighted by molar-refractivity contribution is -0.122. The van der Waals surface area contributed by atoms with Crippen LogP contribution in [0.5, 0.6) is 0 Å². The Hall–Kier alpha value is -2.86. The van der Waals surface area contributed by atoms with Crippen molar-refractivity contribution >= 4 is 40.7 Å². The highest BCUT2D eigenvalue weighted by Crippen LogP contribution is 2.31. The van der Waals surface area contributed by atoms with E-state index in [1.54, 1.807) is 60.5 Å². The third-order valence-electron chi connectivity index (χ3n) is 4.28. The molecule has 0 aromatic heterocycles. The Morgan fingerprint density at radius 2 is 1.81 bits per heavy atom. The van der Waals surface area contributed by atoms with Crippen molar-refractivity contribution in [3.05, 3.63) is 59.1 Å². The van der Waals surface area contributed by atoms with Gasteiger partial charge in [0.25, 0.3) is 5.91 Å². The van der Waals surface area contributed by atoms with Crippen LogP contribution < -0.4 is 15.5 Å². The van der Waals surface area contributed by atoms with E-state index in [4.69, 9.17) is 11.6 Å². The van der Waals surface area contributed by atoms with E-state index in [1.165, 1.54) is 0 Å². The number of para-hydroxylation sites is 1. The summed E-state index contributed by atoms with van der Waals surface area (Å²) in [4.78, 5) is 37.9. The van der Waals surface area contributed by atoms with Gasteiger partial charge in [0.2, 0.25) is 11.8 Å². The molecule has 1 unspecified atom stereocenters. The van der Waals surface area contributed by atoms with Gasteiger partial charge in [-0.1, -0.05) is 23.7 Å². The van der Waals surface area contributed by atoms with Gasteiger partial charge >= 0.3 is 0 Å². The van der Waals surface area contributed by atoms with E-state index in [9.17, 15) is 14.4 Å². The summed E-state index contributed by atoms with van der Waals surface area (Å²) in [5.41, 5.74) is 1.70. The van der Waals surface area contributed by atoms with E-state index >= 15 is 0 Å². The van der Waals surface area contributed by atoms with Gasteiger partial charge in [-0.15, -0.1) is 0 Å². The fraction of sp³-hybridized carbons (Fsp3) is 0.211. The largest absolute Gasteiger partial charge is 0.355 e. The average molecular weight is 372 g/mol. The molecule has 3 amide bonds. The van der Waals surface area contributed by atoms with Crippen molar-refractivity contribution in [1.82, 2.24) is 5.32 Å². The molecular formula is C19H18ClN3O3. The summed E-state index contributed by atoms with van der Waals surface area (Å²) < 4.78 is 0. The molecule has 7 heteroatoms. The highest BCUT2D eigenvalue weighted by atomic mass is 35.5. The van der Waals surface area contributed by atoms with Crippen LogP contribution >= 0.6 is 11.6 Å². The van der Waals surface area contributed by atoms with Crippen molar-refractivity contribution in [3.8, 4) is 0 Å². The van der Waals surface area contributed by atoms with E-state index in [-0.39, 0.29) is 30.7 Å². The molecule has 0 saturated carbocycles. The monoisotopic (exact) mass is 371 g/mol. The van der Waals surface area contributed by atoms with Crippen LogP contribution in [0, 0.1) is 5.92 Å². The predicted octanol–water partition coefficient (Wildman–Crippen LogP) is 2.69. The molecule has 6 nitrogen and oxygen atoms in total. The lowest BCUT2D eigenvalue weighted by Gasteiger charge is -2.18. The number of hydrogen-bond donors (Lipinski definition) is 2. The molecule has 0 bridgehead atoms. The highest BCUT2D eigenvalue weighted by Gasteiger charge is 2.35. The molecule has 26 heavy (non-hydrogen) atoms. The normalized spacial score (nSPS) is 16.5. The van der Waals surface area contributed by atoms with Crippen LogP contribution in [0.15, 0.2) is 48.5 Å². The first-order valence-corrected chi connectivity index (χ1v) is 8.55. The molecule has 1 aliphatic heterocycles. The number of amides is 3. The first-order valence-electron chi connectivity index (χ1n) is 8.17. The summed E-state index contributed by atoms with van der Waals surface area (Å²) in [6.45, 7) is 0.282. The minimum Gasteiger partial charge on any atom is -0.355 e. The van der Waals surface area contributed by atoms with Gasteiger partial charge in [-0.3, -0.25) is 14.4 Å². The summed E-state index contributed by atoms with van der Waals surface area (Å²) in [7, 11) is 1.56. The Labute approximate surface area is 156 Å². The summed E-state index contributed by atoms with van der Waals surface area (Å²) >= 11 is 6.15. The number of nitrogens with one attached hydrogen (secondary N) is 2. The third kappa shape index (κ3) is 3.70. The average Bonchev–Trinajstić information content (AvgIpc) is 3.04. The van der Waals surface area contributed by atoms with Crippen LogP contribution in [-0.2, 0) is 9.59 Å². The zero-order valence-corrected chi connectivity index (χ0v) is 14.9. The number of anilines is 2. The number of carbonyl (C=O) groups excluding carboxylic acids is 3. The molecule has 0 spiro atoms. The predicted molar refractivity (Wildman–Crippen MR) is 100 cm³/mol. The van der Waals surface area contributed by atoms with Crippen molar-refractivity contribution in [2.75, 3.05) is 23.8 Å². The highest BCUT2D eigenvalue weighted by molar-refractivity contribution is 6.33. The summed E-state index contributed by atoms with van der Waals surface area (Å²) in [5, 5.41) is 5.81. The molecule has 2 aromatic rings. The zero-order valence-electron chi connectivity index (χ0n) is 14.2. The molecule has 0 aliphatic carbocycles. The molecule has 1 atom stereocenters. The SMILES string of the molecule is CNC(=O)c1ccc(NC(=O)C2CC(=O)N(c3ccccc3Cl)C2)cc1. The van der Waals surface area contributed by atoms with E-state index < -0.39 is 5.92 Å². The first kappa shape index (κ1) is 17.9. The van der Waals surface area contributed by atoms with Crippen molar-refractivity contribution in [3.63, 3.8) is 0 Å². The first-order chi connectivity index (χ1) is 12.5. The smallest absolute Gasteiger partial charge is 0.251 e. The van der Waals surface area contributed by atoms with Crippen LogP contribution in [0.25, 0.3) is 0 Å². The molecule has 2 N–H and O–H groups in total. The van der Waals surface area contributed by atoms with E-state index in [1.807, 2.05) is 0 Å². The van der Waals surface area contributed by atoms with E-state index in [0.29, 0.717) is 22.0 Å². The number of rotatable bonds is 4. The lowest BCUT2D eigenvalue weighted by Crippen LogP contribution is -2.28. The van der Waals surface area contributed by atoms with Gasteiger partial charge < -0.3 is 15.5 Å². The van der Waals surface area contributed by atoms with Crippen molar-refractivity contribution in [1.29, 1.82) is 0 Å². The molecule has 3 rings (SSSR count). The molecule has 2 aromatic carbocycles. The number of benzene rings is 2. The minimum absolute atomic E-state index is 0.131. The van der Waals surface area contributed by atoms with E-state index in [0.717, 1.165) is 0 Å². The van der Waals surface area contributed by atoms with Gasteiger partial charge in [-0.2, -0.15) is 0 Å². The topological polar surface area (TPSA) is 78.5 Å². The Kier molecular flexibility index (Phi) is 5.23. The van der Waals surface area contributed by atoms with Crippen LogP contribution in [0.3, 0.4) is 0 Å². The van der Waals surface area contributed by atoms with Gasteiger partial charge in [0.15, 0.2) is 0 Å². The molecule has 1 fully saturated rings. The Morgan fingerprint density at radius 3 is 2.46 bits per heavy atom. The van der Waals surface area contributed by atoms with Crippen LogP contribution in [0.2, 0.25) is 5.02 Å². The van der Waals surface area contributed by atoms with Gasteiger partial charge in [0.05, 0.1) is 16.6 Å². The van der Waals surface area contributed by atoms with Crippen LogP contribution in [0.1, 0.15) is 16.8 Å². The maximum Gasteiger partial charge on any atom is 0.251 e. The van der Waals surface area contributed by atoms with Gasteiger partial charge in [-0.25, -0.2) is 0 Å². The van der Waals surface area contributed by atoms with Crippen LogP contribution in [0.4, 0.5) is 11.4 Å². The van der Waals surface area contributed by atoms with Gasteiger partial charge in [0, 0.05) is 31.3 Å². The second-order valence-corrected chi connectivity index (χ2v) is 6.41. The Bertz CT molecular complexity index is 851.